The van der Waals surface area contributed by atoms with E-state index in [1.54, 1.807) is 0 Å². The maximum atomic E-state index is 4.56. The first-order valence-corrected chi connectivity index (χ1v) is 14.7. The number of rotatable bonds is 5. The molecule has 0 saturated heterocycles. The van der Waals surface area contributed by atoms with Crippen LogP contribution in [0.1, 0.15) is 59.2 Å². The molecule has 38 heavy (non-hydrogen) atoms. The molecule has 0 bridgehead atoms. The van der Waals surface area contributed by atoms with Crippen molar-refractivity contribution in [3.05, 3.63) is 125 Å². The minimum absolute atomic E-state index is 1.02. The number of hydrogen-bond acceptors (Lipinski definition) is 2. The number of aryl methyl sites for hydroxylation is 6. The zero-order valence-corrected chi connectivity index (χ0v) is 26.2. The van der Waals surface area contributed by atoms with Gasteiger partial charge in [0.15, 0.2) is 0 Å². The lowest BCUT2D eigenvalue weighted by Crippen LogP contribution is -1.92. The Morgan fingerprint density at radius 3 is 1.66 bits per heavy atom. The lowest BCUT2D eigenvalue weighted by Gasteiger charge is -2.13. The predicted octanol–water partition coefficient (Wildman–Crippen LogP) is 11.6. The van der Waals surface area contributed by atoms with Gasteiger partial charge in [-0.15, -0.1) is 37.5 Å². The van der Waals surface area contributed by atoms with Crippen LogP contribution in [0.15, 0.2) is 96.3 Å². The first-order chi connectivity index (χ1) is 18.2. The second-order valence-electron chi connectivity index (χ2n) is 9.25. The largest absolute Gasteiger partial charge is 0.143 e. The van der Waals surface area contributed by atoms with Gasteiger partial charge in [-0.2, -0.15) is 0 Å². The molecule has 0 nitrogen and oxygen atoms in total. The molecule has 0 aliphatic heterocycles. The summed E-state index contributed by atoms with van der Waals surface area (Å²) in [6, 6.07) is 23.8. The zero-order valence-electron chi connectivity index (χ0n) is 24.5. The first kappa shape index (κ1) is 33.3. The van der Waals surface area contributed by atoms with Crippen molar-refractivity contribution < 1.29 is 0 Å². The summed E-state index contributed by atoms with van der Waals surface area (Å²) in [6.07, 6.45) is 4.21. The average Bonchev–Trinajstić information content (AvgIpc) is 2.93. The molecule has 0 radical (unpaired) electrons. The van der Waals surface area contributed by atoms with Gasteiger partial charge in [0.25, 0.3) is 0 Å². The van der Waals surface area contributed by atoms with Crippen LogP contribution < -0.4 is 0 Å². The Labute approximate surface area is 242 Å². The van der Waals surface area contributed by atoms with Crippen LogP contribution >= 0.6 is 24.4 Å². The van der Waals surface area contributed by atoms with Crippen molar-refractivity contribution in [2.45, 2.75) is 71.1 Å². The van der Waals surface area contributed by atoms with E-state index in [0.29, 0.717) is 0 Å². The SMILES string of the molecule is C=C.C=Cc1c(S)cc2c(C)c(CC)ccc2c1C.CCCSc1ccc(C)cc1.Cc1ccc(C)cc1. The summed E-state index contributed by atoms with van der Waals surface area (Å²) < 4.78 is 0. The third-order valence-electron chi connectivity index (χ3n) is 6.29. The van der Waals surface area contributed by atoms with Crippen molar-refractivity contribution in [1.82, 2.24) is 0 Å². The van der Waals surface area contributed by atoms with Gasteiger partial charge in [-0.05, 0) is 104 Å². The number of thiol groups is 1. The Morgan fingerprint density at radius 2 is 1.21 bits per heavy atom. The van der Waals surface area contributed by atoms with E-state index >= 15 is 0 Å². The minimum atomic E-state index is 1.02. The predicted molar refractivity (Wildman–Crippen MR) is 180 cm³/mol. The fraction of sp³-hybridized carbons (Fsp3) is 0.278. The molecule has 0 fully saturated rings. The molecule has 0 aliphatic rings. The number of thioether (sulfide) groups is 1. The van der Waals surface area contributed by atoms with Gasteiger partial charge < -0.3 is 0 Å². The Bertz CT molecular complexity index is 1240. The molecule has 0 heterocycles. The normalized spacial score (nSPS) is 9.79. The summed E-state index contributed by atoms with van der Waals surface area (Å²) in [4.78, 5) is 2.40. The fourth-order valence-corrected chi connectivity index (χ4v) is 5.13. The molecule has 4 rings (SSSR count). The highest BCUT2D eigenvalue weighted by Crippen LogP contribution is 2.32. The molecule has 4 aromatic carbocycles. The Balaban J connectivity index is 0.000000296. The number of fused-ring (bicyclic) bond motifs is 1. The van der Waals surface area contributed by atoms with Crippen LogP contribution in [-0.4, -0.2) is 5.75 Å². The second kappa shape index (κ2) is 17.8. The van der Waals surface area contributed by atoms with Crippen molar-refractivity contribution in [2.75, 3.05) is 5.75 Å². The fourth-order valence-electron chi connectivity index (χ4n) is 3.97. The van der Waals surface area contributed by atoms with Crippen LogP contribution in [0.5, 0.6) is 0 Å². The molecule has 0 amide bonds. The van der Waals surface area contributed by atoms with Crippen LogP contribution in [-0.2, 0) is 6.42 Å². The molecule has 0 aromatic heterocycles. The van der Waals surface area contributed by atoms with Crippen LogP contribution in [0.4, 0.5) is 0 Å². The molecule has 0 spiro atoms. The molecular formula is C36H46S2. The van der Waals surface area contributed by atoms with Gasteiger partial charge >= 0.3 is 0 Å². The third-order valence-corrected chi connectivity index (χ3v) is 7.88. The Morgan fingerprint density at radius 1 is 0.711 bits per heavy atom. The first-order valence-electron chi connectivity index (χ1n) is 13.3. The van der Waals surface area contributed by atoms with Gasteiger partial charge in [-0.3, -0.25) is 0 Å². The Kier molecular flexibility index (Phi) is 15.6. The summed E-state index contributed by atoms with van der Waals surface area (Å²) in [5, 5.41) is 2.63. The van der Waals surface area contributed by atoms with E-state index in [1.807, 2.05) is 17.8 Å². The van der Waals surface area contributed by atoms with E-state index in [2.05, 4.69) is 148 Å². The quantitative estimate of drug-likeness (QED) is 0.149. The maximum Gasteiger partial charge on any atom is 0.0121 e. The number of benzene rings is 4. The monoisotopic (exact) mass is 542 g/mol. The highest BCUT2D eigenvalue weighted by Gasteiger charge is 2.09. The van der Waals surface area contributed by atoms with Gasteiger partial charge in [-0.1, -0.05) is 91.7 Å². The van der Waals surface area contributed by atoms with Gasteiger partial charge in [0.05, 0.1) is 0 Å². The average molecular weight is 543 g/mol. The van der Waals surface area contributed by atoms with E-state index in [0.717, 1.165) is 16.9 Å². The van der Waals surface area contributed by atoms with E-state index in [9.17, 15) is 0 Å². The van der Waals surface area contributed by atoms with E-state index in [-0.39, 0.29) is 0 Å². The molecule has 4 aromatic rings. The van der Waals surface area contributed by atoms with E-state index < -0.39 is 0 Å². The summed E-state index contributed by atoms with van der Waals surface area (Å²) in [5.41, 5.74) is 9.20. The van der Waals surface area contributed by atoms with Crippen LogP contribution in [0, 0.1) is 34.6 Å². The standard InChI is InChI=1S/C16H18S.C10H14S.C8H10.C2H4/c1-5-12-7-8-14-11(4)13(6-2)16(17)9-15(14)10(12)3;1-3-8-11-10-6-4-9(2)5-7-10;1-7-3-5-8(2)6-4-7;1-2/h6-9,17H,2,5H2,1,3-4H3;4-7H,3,8H2,1-2H3;3-6H,1-2H3;1-2H2. The molecule has 202 valence electrons. The topological polar surface area (TPSA) is 0 Å². The molecule has 0 atom stereocenters. The lowest BCUT2D eigenvalue weighted by atomic mass is 9.93. The molecule has 0 aliphatic carbocycles. The van der Waals surface area contributed by atoms with Gasteiger partial charge in [0.1, 0.15) is 0 Å². The summed E-state index contributed by atoms with van der Waals surface area (Å²) in [6.45, 7) is 24.9. The van der Waals surface area contributed by atoms with Gasteiger partial charge in [-0.25, -0.2) is 0 Å². The third kappa shape index (κ3) is 10.2. The highest BCUT2D eigenvalue weighted by atomic mass is 32.2. The second-order valence-corrected chi connectivity index (χ2v) is 10.9. The molecule has 2 heteroatoms. The highest BCUT2D eigenvalue weighted by molar-refractivity contribution is 7.99. The summed E-state index contributed by atoms with van der Waals surface area (Å²) >= 11 is 6.49. The smallest absolute Gasteiger partial charge is 0.0121 e. The van der Waals surface area contributed by atoms with Gasteiger partial charge in [0, 0.05) is 9.79 Å². The molecule has 0 saturated carbocycles. The zero-order chi connectivity index (χ0) is 28.7. The van der Waals surface area contributed by atoms with Crippen molar-refractivity contribution in [2.24, 2.45) is 0 Å². The van der Waals surface area contributed by atoms with E-state index in [4.69, 9.17) is 0 Å². The van der Waals surface area contributed by atoms with Crippen molar-refractivity contribution in [3.8, 4) is 0 Å². The minimum Gasteiger partial charge on any atom is -0.143 e. The Hall–Kier alpha value is -2.68. The van der Waals surface area contributed by atoms with Crippen molar-refractivity contribution in [1.29, 1.82) is 0 Å². The molecule has 0 N–H and O–H groups in total. The summed E-state index contributed by atoms with van der Waals surface area (Å²) in [5.74, 6) is 1.23. The molecule has 0 unspecified atom stereocenters. The molecular weight excluding hydrogens is 497 g/mol. The van der Waals surface area contributed by atoms with Crippen molar-refractivity contribution in [3.63, 3.8) is 0 Å². The van der Waals surface area contributed by atoms with Crippen molar-refractivity contribution >= 4 is 41.2 Å². The van der Waals surface area contributed by atoms with Crippen LogP contribution in [0.2, 0.25) is 0 Å². The summed E-state index contributed by atoms with van der Waals surface area (Å²) in [7, 11) is 0. The van der Waals surface area contributed by atoms with E-state index in [1.165, 1.54) is 61.2 Å². The van der Waals surface area contributed by atoms with Crippen LogP contribution in [0.3, 0.4) is 0 Å². The maximum absolute atomic E-state index is 4.56. The number of hydrogen-bond donors (Lipinski definition) is 1. The van der Waals surface area contributed by atoms with Crippen LogP contribution in [0.25, 0.3) is 16.8 Å². The lowest BCUT2D eigenvalue weighted by molar-refractivity contribution is 1.10. The van der Waals surface area contributed by atoms with Gasteiger partial charge in [0.2, 0.25) is 0 Å².